The van der Waals surface area contributed by atoms with E-state index in [-0.39, 0.29) is 11.8 Å². The van der Waals surface area contributed by atoms with Gasteiger partial charge in [-0.2, -0.15) is 0 Å². The lowest BCUT2D eigenvalue weighted by atomic mass is 9.97. The van der Waals surface area contributed by atoms with Gasteiger partial charge in [-0.1, -0.05) is 28.1 Å². The zero-order valence-corrected chi connectivity index (χ0v) is 18.1. The Morgan fingerprint density at radius 3 is 2.14 bits per heavy atom. The third kappa shape index (κ3) is 5.84. The molecule has 0 saturated carbocycles. The van der Waals surface area contributed by atoms with E-state index >= 15 is 0 Å². The van der Waals surface area contributed by atoms with Gasteiger partial charge in [0.1, 0.15) is 11.5 Å². The maximum absolute atomic E-state index is 12.9. The van der Waals surface area contributed by atoms with E-state index in [4.69, 9.17) is 9.47 Å². The number of methoxy groups -OCH3 is 1. The van der Waals surface area contributed by atoms with Crippen LogP contribution >= 0.6 is 15.9 Å². The third-order valence-electron chi connectivity index (χ3n) is 4.58. The second-order valence-corrected chi connectivity index (χ2v) is 7.48. The first kappa shape index (κ1) is 20.9. The molecule has 1 atom stereocenters. The van der Waals surface area contributed by atoms with Crippen molar-refractivity contribution in [3.8, 4) is 11.5 Å². The first-order valence-electron chi connectivity index (χ1n) is 9.51. The van der Waals surface area contributed by atoms with Gasteiger partial charge in [0.25, 0.3) is 0 Å². The zero-order chi connectivity index (χ0) is 20.6. The van der Waals surface area contributed by atoms with E-state index in [1.807, 2.05) is 67.6 Å². The molecule has 29 heavy (non-hydrogen) atoms. The van der Waals surface area contributed by atoms with E-state index in [0.717, 1.165) is 27.2 Å². The number of ketones is 1. The van der Waals surface area contributed by atoms with Crippen LogP contribution in [0.2, 0.25) is 0 Å². The van der Waals surface area contributed by atoms with Crippen molar-refractivity contribution in [1.82, 2.24) is 0 Å². The number of carbonyl (C=O) groups excluding carboxylic acids is 1. The molecule has 1 N–H and O–H groups in total. The summed E-state index contributed by atoms with van der Waals surface area (Å²) in [6, 6.07) is 22.9. The van der Waals surface area contributed by atoms with Crippen LogP contribution in [0.4, 0.5) is 5.69 Å². The van der Waals surface area contributed by atoms with Crippen LogP contribution in [0.1, 0.15) is 35.3 Å². The summed E-state index contributed by atoms with van der Waals surface area (Å²) in [5, 5.41) is 3.49. The Hall–Kier alpha value is -2.79. The van der Waals surface area contributed by atoms with E-state index in [1.165, 1.54) is 0 Å². The molecule has 1 unspecified atom stereocenters. The number of hydrogen-bond donors (Lipinski definition) is 1. The number of carbonyl (C=O) groups is 1. The first-order valence-corrected chi connectivity index (χ1v) is 10.3. The number of nitrogens with one attached hydrogen (secondary N) is 1. The predicted octanol–water partition coefficient (Wildman–Crippen LogP) is 6.28. The summed E-state index contributed by atoms with van der Waals surface area (Å²) >= 11 is 3.47. The predicted molar refractivity (Wildman–Crippen MR) is 120 cm³/mol. The molecule has 3 aromatic rings. The summed E-state index contributed by atoms with van der Waals surface area (Å²) in [6.07, 6.45) is 0.334. The molecular weight excluding hydrogens is 430 g/mol. The van der Waals surface area contributed by atoms with Crippen molar-refractivity contribution in [2.45, 2.75) is 19.4 Å². The third-order valence-corrected chi connectivity index (χ3v) is 5.11. The minimum atomic E-state index is -0.157. The maximum atomic E-state index is 12.9. The molecule has 0 fully saturated rings. The van der Waals surface area contributed by atoms with E-state index in [1.54, 1.807) is 19.2 Å². The quantitative estimate of drug-likeness (QED) is 0.387. The standard InChI is InChI=1S/C24H24BrNO3/c1-3-29-22-14-10-20(11-15-22)26-23(17-4-8-19(25)9-5-17)16-24(27)18-6-12-21(28-2)13-7-18/h4-15,23,26H,3,16H2,1-2H3. The normalized spacial score (nSPS) is 11.6. The lowest BCUT2D eigenvalue weighted by molar-refractivity contribution is 0.0976. The minimum absolute atomic E-state index is 0.0685. The SMILES string of the molecule is CCOc1ccc(NC(CC(=O)c2ccc(OC)cc2)c2ccc(Br)cc2)cc1. The van der Waals surface area contributed by atoms with Gasteiger partial charge in [0.15, 0.2) is 5.78 Å². The number of anilines is 1. The van der Waals surface area contributed by atoms with Gasteiger partial charge in [-0.3, -0.25) is 4.79 Å². The average Bonchev–Trinajstić information content (AvgIpc) is 2.75. The van der Waals surface area contributed by atoms with Crippen LogP contribution in [-0.2, 0) is 0 Å². The average molecular weight is 454 g/mol. The molecule has 0 radical (unpaired) electrons. The maximum Gasteiger partial charge on any atom is 0.165 e. The topological polar surface area (TPSA) is 47.6 Å². The number of rotatable bonds is 9. The highest BCUT2D eigenvalue weighted by Crippen LogP contribution is 2.27. The molecule has 0 aliphatic heterocycles. The number of Topliss-reactive ketones (excluding diaryl/α,β-unsaturated/α-hetero) is 1. The molecule has 4 nitrogen and oxygen atoms in total. The van der Waals surface area contributed by atoms with Gasteiger partial charge < -0.3 is 14.8 Å². The van der Waals surface area contributed by atoms with Gasteiger partial charge >= 0.3 is 0 Å². The fraction of sp³-hybridized carbons (Fsp3) is 0.208. The lowest BCUT2D eigenvalue weighted by Gasteiger charge is -2.20. The van der Waals surface area contributed by atoms with Crippen molar-refractivity contribution in [3.05, 3.63) is 88.4 Å². The number of benzene rings is 3. The molecule has 0 aliphatic carbocycles. The van der Waals surface area contributed by atoms with Crippen molar-refractivity contribution in [2.75, 3.05) is 19.0 Å². The molecule has 0 bridgehead atoms. The van der Waals surface area contributed by atoms with Crippen LogP contribution in [0.3, 0.4) is 0 Å². The summed E-state index contributed by atoms with van der Waals surface area (Å²) < 4.78 is 11.7. The Labute approximate surface area is 180 Å². The molecule has 5 heteroatoms. The van der Waals surface area contributed by atoms with Crippen LogP contribution in [0, 0.1) is 0 Å². The van der Waals surface area contributed by atoms with E-state index in [9.17, 15) is 4.79 Å². The monoisotopic (exact) mass is 453 g/mol. The summed E-state index contributed by atoms with van der Waals surface area (Å²) in [7, 11) is 1.61. The molecule has 0 amide bonds. The lowest BCUT2D eigenvalue weighted by Crippen LogP contribution is -2.16. The van der Waals surface area contributed by atoms with E-state index in [0.29, 0.717) is 18.6 Å². The summed E-state index contributed by atoms with van der Waals surface area (Å²) in [4.78, 5) is 12.9. The summed E-state index contributed by atoms with van der Waals surface area (Å²) in [5.74, 6) is 1.63. The van der Waals surface area contributed by atoms with Crippen LogP contribution in [0.25, 0.3) is 0 Å². The summed E-state index contributed by atoms with van der Waals surface area (Å²) in [5.41, 5.74) is 2.65. The van der Waals surface area contributed by atoms with Crippen LogP contribution in [0.5, 0.6) is 11.5 Å². The minimum Gasteiger partial charge on any atom is -0.497 e. The second-order valence-electron chi connectivity index (χ2n) is 6.56. The second kappa shape index (κ2) is 10.1. The number of ether oxygens (including phenoxy) is 2. The Kier molecular flexibility index (Phi) is 7.30. The number of hydrogen-bond acceptors (Lipinski definition) is 4. The molecule has 3 rings (SSSR count). The largest absolute Gasteiger partial charge is 0.497 e. The highest BCUT2D eigenvalue weighted by molar-refractivity contribution is 9.10. The van der Waals surface area contributed by atoms with Crippen molar-refractivity contribution in [1.29, 1.82) is 0 Å². The van der Waals surface area contributed by atoms with Crippen molar-refractivity contribution < 1.29 is 14.3 Å². The number of halogens is 1. The first-order chi connectivity index (χ1) is 14.1. The van der Waals surface area contributed by atoms with Crippen LogP contribution < -0.4 is 14.8 Å². The molecule has 0 aliphatic rings. The highest BCUT2D eigenvalue weighted by Gasteiger charge is 2.18. The summed E-state index contributed by atoms with van der Waals surface area (Å²) in [6.45, 7) is 2.59. The molecule has 0 aromatic heterocycles. The van der Waals surface area contributed by atoms with Gasteiger partial charge in [-0.25, -0.2) is 0 Å². The van der Waals surface area contributed by atoms with Gasteiger partial charge in [-0.05, 0) is 73.2 Å². The molecule has 0 saturated heterocycles. The van der Waals surface area contributed by atoms with Gasteiger partial charge in [0.05, 0.1) is 19.8 Å². The van der Waals surface area contributed by atoms with Crippen LogP contribution in [-0.4, -0.2) is 19.5 Å². The van der Waals surface area contributed by atoms with Gasteiger partial charge in [0, 0.05) is 22.1 Å². The Bertz CT molecular complexity index is 922. The molecule has 3 aromatic carbocycles. The van der Waals surface area contributed by atoms with Crippen molar-refractivity contribution in [3.63, 3.8) is 0 Å². The van der Waals surface area contributed by atoms with Crippen LogP contribution in [0.15, 0.2) is 77.3 Å². The highest BCUT2D eigenvalue weighted by atomic mass is 79.9. The molecular formula is C24H24BrNO3. The zero-order valence-electron chi connectivity index (χ0n) is 16.5. The molecule has 0 spiro atoms. The van der Waals surface area contributed by atoms with Crippen molar-refractivity contribution >= 4 is 27.4 Å². The Morgan fingerprint density at radius 2 is 1.55 bits per heavy atom. The van der Waals surface area contributed by atoms with Gasteiger partial charge in [0.2, 0.25) is 0 Å². The van der Waals surface area contributed by atoms with E-state index < -0.39 is 0 Å². The van der Waals surface area contributed by atoms with E-state index in [2.05, 4.69) is 21.2 Å². The van der Waals surface area contributed by atoms with Gasteiger partial charge in [-0.15, -0.1) is 0 Å². The fourth-order valence-corrected chi connectivity index (χ4v) is 3.31. The molecule has 150 valence electrons. The van der Waals surface area contributed by atoms with Crippen molar-refractivity contribution in [2.24, 2.45) is 0 Å². The fourth-order valence-electron chi connectivity index (χ4n) is 3.04. The smallest absolute Gasteiger partial charge is 0.165 e. The molecule has 0 heterocycles. The Morgan fingerprint density at radius 1 is 0.931 bits per heavy atom. The Balaban J connectivity index is 1.80.